The summed E-state index contributed by atoms with van der Waals surface area (Å²) in [6, 6.07) is 17.3. The van der Waals surface area contributed by atoms with Crippen LogP contribution in [0.15, 0.2) is 65.1 Å². The number of para-hydroxylation sites is 1. The van der Waals surface area contributed by atoms with Gasteiger partial charge in [0.25, 0.3) is 0 Å². The Bertz CT molecular complexity index is 1100. The van der Waals surface area contributed by atoms with Crippen LogP contribution in [0.4, 0.5) is 5.13 Å². The molecular weight excluding hydrogens is 362 g/mol. The number of rotatable bonds is 4. The van der Waals surface area contributed by atoms with Crippen LogP contribution in [0.5, 0.6) is 0 Å². The summed E-state index contributed by atoms with van der Waals surface area (Å²) in [4.78, 5) is 12.6. The average Bonchev–Trinajstić information content (AvgIpc) is 3.40. The van der Waals surface area contributed by atoms with Gasteiger partial charge in [-0.15, -0.1) is 11.3 Å². The summed E-state index contributed by atoms with van der Waals surface area (Å²) in [6.07, 6.45) is 10.7. The molecule has 5 rings (SSSR count). The quantitative estimate of drug-likeness (QED) is 0.374. The van der Waals surface area contributed by atoms with E-state index < -0.39 is 0 Å². The fourth-order valence-corrected chi connectivity index (χ4v) is 4.81. The second-order valence-corrected chi connectivity index (χ2v) is 8.36. The van der Waals surface area contributed by atoms with Gasteiger partial charge in [-0.1, -0.05) is 61.7 Å². The lowest BCUT2D eigenvalue weighted by Gasteiger charge is -2.22. The van der Waals surface area contributed by atoms with Gasteiger partial charge in [-0.3, -0.25) is 0 Å². The maximum atomic E-state index is 4.71. The first kappa shape index (κ1) is 17.4. The normalized spacial score (nSPS) is 15.6. The maximum absolute atomic E-state index is 4.71. The lowest BCUT2D eigenvalue weighted by Crippen LogP contribution is -2.04. The van der Waals surface area contributed by atoms with E-state index in [1.54, 1.807) is 11.3 Å². The lowest BCUT2D eigenvalue weighted by atomic mass is 9.84. The maximum Gasteiger partial charge on any atom is 0.209 e. The van der Waals surface area contributed by atoms with E-state index in [4.69, 9.17) is 4.98 Å². The number of thiazole rings is 1. The van der Waals surface area contributed by atoms with Crippen LogP contribution in [0.25, 0.3) is 22.2 Å². The Morgan fingerprint density at radius 2 is 1.82 bits per heavy atom. The Morgan fingerprint density at radius 3 is 2.68 bits per heavy atom. The van der Waals surface area contributed by atoms with Crippen molar-refractivity contribution in [1.82, 2.24) is 9.97 Å². The molecule has 0 atom stereocenters. The van der Waals surface area contributed by atoms with Crippen LogP contribution in [0.1, 0.15) is 49.1 Å². The molecule has 1 aliphatic carbocycles. The van der Waals surface area contributed by atoms with Crippen molar-refractivity contribution < 1.29 is 0 Å². The number of hydrogen-bond acceptors (Lipinski definition) is 3. The molecule has 0 aliphatic heterocycles. The molecule has 0 bridgehead atoms. The molecule has 1 saturated carbocycles. The zero-order chi connectivity index (χ0) is 18.8. The highest BCUT2D eigenvalue weighted by atomic mass is 32.1. The summed E-state index contributed by atoms with van der Waals surface area (Å²) in [6.45, 7) is 0. The summed E-state index contributed by atoms with van der Waals surface area (Å²) in [5.41, 5.74) is 5.87. The van der Waals surface area contributed by atoms with Crippen molar-refractivity contribution in [3.63, 3.8) is 0 Å². The van der Waals surface area contributed by atoms with Crippen molar-refractivity contribution in [2.75, 3.05) is 0 Å². The van der Waals surface area contributed by atoms with E-state index in [1.165, 1.54) is 48.6 Å². The number of aromatic amines is 1. The summed E-state index contributed by atoms with van der Waals surface area (Å²) >= 11 is 1.58. The molecule has 1 aliphatic rings. The van der Waals surface area contributed by atoms with Crippen molar-refractivity contribution in [2.45, 2.75) is 38.0 Å². The van der Waals surface area contributed by atoms with Gasteiger partial charge in [-0.05, 0) is 30.4 Å². The van der Waals surface area contributed by atoms with Crippen LogP contribution < -0.4 is 0 Å². The molecule has 0 amide bonds. The topological polar surface area (TPSA) is 41.0 Å². The minimum Gasteiger partial charge on any atom is -0.361 e. The van der Waals surface area contributed by atoms with Gasteiger partial charge in [0.1, 0.15) is 0 Å². The van der Waals surface area contributed by atoms with E-state index in [9.17, 15) is 0 Å². The van der Waals surface area contributed by atoms with Crippen molar-refractivity contribution in [3.05, 3.63) is 71.2 Å². The number of benzene rings is 2. The third-order valence-corrected chi connectivity index (χ3v) is 6.46. The standard InChI is InChI=1S/C24H23N3S/c1-2-6-17(7-3-1)18-10-12-19(13-11-18)23-16-28-24(27-23)26-15-20-14-25-22-9-5-4-8-21(20)22/h4-5,8-17,25H,1-3,6-7H2. The smallest absolute Gasteiger partial charge is 0.209 e. The monoisotopic (exact) mass is 385 g/mol. The van der Waals surface area contributed by atoms with E-state index >= 15 is 0 Å². The van der Waals surface area contributed by atoms with E-state index in [1.807, 2.05) is 24.5 Å². The van der Waals surface area contributed by atoms with Crippen LogP contribution in [-0.2, 0) is 0 Å². The highest BCUT2D eigenvalue weighted by Crippen LogP contribution is 2.34. The van der Waals surface area contributed by atoms with Gasteiger partial charge in [0.2, 0.25) is 5.13 Å². The van der Waals surface area contributed by atoms with Crippen LogP contribution in [0.3, 0.4) is 0 Å². The van der Waals surface area contributed by atoms with Gasteiger partial charge in [0, 0.05) is 39.8 Å². The number of hydrogen-bond donors (Lipinski definition) is 1. The zero-order valence-electron chi connectivity index (χ0n) is 15.8. The molecule has 0 spiro atoms. The second kappa shape index (κ2) is 7.72. The number of fused-ring (bicyclic) bond motifs is 1. The molecule has 4 heteroatoms. The molecule has 0 radical (unpaired) electrons. The molecule has 140 valence electrons. The molecule has 2 aromatic heterocycles. The van der Waals surface area contributed by atoms with Crippen molar-refractivity contribution in [2.24, 2.45) is 4.99 Å². The Morgan fingerprint density at radius 1 is 1.00 bits per heavy atom. The molecule has 3 nitrogen and oxygen atoms in total. The summed E-state index contributed by atoms with van der Waals surface area (Å²) in [5, 5.41) is 4.07. The third-order valence-electron chi connectivity index (χ3n) is 5.71. The number of nitrogens with one attached hydrogen (secondary N) is 1. The van der Waals surface area contributed by atoms with E-state index in [2.05, 4.69) is 51.8 Å². The highest BCUT2D eigenvalue weighted by Gasteiger charge is 2.15. The molecule has 0 saturated heterocycles. The zero-order valence-corrected chi connectivity index (χ0v) is 16.6. The fourth-order valence-electron chi connectivity index (χ4n) is 4.14. The summed E-state index contributed by atoms with van der Waals surface area (Å²) in [5.74, 6) is 0.745. The van der Waals surface area contributed by atoms with Gasteiger partial charge in [-0.25, -0.2) is 9.98 Å². The van der Waals surface area contributed by atoms with E-state index in [0.29, 0.717) is 0 Å². The molecule has 1 fully saturated rings. The predicted octanol–water partition coefficient (Wildman–Crippen LogP) is 7.09. The van der Waals surface area contributed by atoms with Crippen LogP contribution in [0.2, 0.25) is 0 Å². The number of aromatic nitrogens is 2. The summed E-state index contributed by atoms with van der Waals surface area (Å²) < 4.78 is 0. The Kier molecular flexibility index (Phi) is 4.79. The molecule has 4 aromatic rings. The number of H-pyrrole nitrogens is 1. The highest BCUT2D eigenvalue weighted by molar-refractivity contribution is 7.13. The SMILES string of the molecule is C(=Nc1nc(-c2ccc(C3CCCCC3)cc2)cs1)c1c[nH]c2ccccc12. The Labute approximate surface area is 169 Å². The van der Waals surface area contributed by atoms with Crippen molar-refractivity contribution in [3.8, 4) is 11.3 Å². The largest absolute Gasteiger partial charge is 0.361 e. The molecule has 1 N–H and O–H groups in total. The Balaban J connectivity index is 1.33. The third kappa shape index (κ3) is 3.52. The van der Waals surface area contributed by atoms with Gasteiger partial charge in [0.05, 0.1) is 5.69 Å². The van der Waals surface area contributed by atoms with Crippen molar-refractivity contribution in [1.29, 1.82) is 0 Å². The van der Waals surface area contributed by atoms with Crippen molar-refractivity contribution >= 4 is 33.6 Å². The van der Waals surface area contributed by atoms with Crippen LogP contribution >= 0.6 is 11.3 Å². The number of nitrogens with zero attached hydrogens (tertiary/aromatic N) is 2. The van der Waals surface area contributed by atoms with Gasteiger partial charge in [-0.2, -0.15) is 0 Å². The average molecular weight is 386 g/mol. The van der Waals surface area contributed by atoms with Gasteiger partial charge < -0.3 is 4.98 Å². The molecular formula is C24H23N3S. The first-order chi connectivity index (χ1) is 13.9. The van der Waals surface area contributed by atoms with Crippen LogP contribution in [-0.4, -0.2) is 16.2 Å². The minimum atomic E-state index is 0.745. The fraction of sp³-hybridized carbons (Fsp3) is 0.250. The summed E-state index contributed by atoms with van der Waals surface area (Å²) in [7, 11) is 0. The second-order valence-electron chi connectivity index (χ2n) is 7.52. The van der Waals surface area contributed by atoms with E-state index in [0.717, 1.165) is 27.8 Å². The Hall–Kier alpha value is -2.72. The number of aliphatic imine (C=N–C) groups is 1. The van der Waals surface area contributed by atoms with Gasteiger partial charge >= 0.3 is 0 Å². The van der Waals surface area contributed by atoms with Gasteiger partial charge in [0.15, 0.2) is 0 Å². The molecule has 0 unspecified atom stereocenters. The van der Waals surface area contributed by atoms with Crippen LogP contribution in [0, 0.1) is 0 Å². The minimum absolute atomic E-state index is 0.745. The molecule has 2 aromatic carbocycles. The predicted molar refractivity (Wildman–Crippen MR) is 119 cm³/mol. The van der Waals surface area contributed by atoms with E-state index in [-0.39, 0.29) is 0 Å². The molecule has 2 heterocycles. The first-order valence-corrected chi connectivity index (χ1v) is 10.9. The molecule has 28 heavy (non-hydrogen) atoms. The first-order valence-electron chi connectivity index (χ1n) is 10.0. The lowest BCUT2D eigenvalue weighted by molar-refractivity contribution is 0.443.